The minimum absolute atomic E-state index is 0.212. The minimum atomic E-state index is -0.449. The van der Waals surface area contributed by atoms with Gasteiger partial charge in [0.05, 0.1) is 0 Å². The van der Waals surface area contributed by atoms with Crippen LogP contribution in [0.25, 0.3) is 0 Å². The van der Waals surface area contributed by atoms with Crippen LogP contribution in [0.2, 0.25) is 0 Å². The lowest BCUT2D eigenvalue weighted by Crippen LogP contribution is -2.28. The molecule has 1 aromatic heterocycles. The van der Waals surface area contributed by atoms with E-state index in [2.05, 4.69) is 19.2 Å². The van der Waals surface area contributed by atoms with Crippen LogP contribution in [-0.2, 0) is 28.9 Å². The highest BCUT2D eigenvalue weighted by Crippen LogP contribution is 2.32. The van der Waals surface area contributed by atoms with Crippen LogP contribution in [0, 0.1) is 0 Å². The van der Waals surface area contributed by atoms with Crippen molar-refractivity contribution in [1.82, 2.24) is 5.32 Å². The van der Waals surface area contributed by atoms with E-state index >= 15 is 0 Å². The Bertz CT molecular complexity index is 830. The predicted octanol–water partition coefficient (Wildman–Crippen LogP) is 3.46. The van der Waals surface area contributed by atoms with Crippen molar-refractivity contribution in [1.29, 1.82) is 0 Å². The van der Waals surface area contributed by atoms with Crippen LogP contribution in [0.15, 0.2) is 24.3 Å². The quantitative estimate of drug-likeness (QED) is 0.700. The number of nitrogens with one attached hydrogen (secondary N) is 1. The monoisotopic (exact) mass is 389 g/mol. The largest absolute Gasteiger partial charge is 0.454 e. The normalized spacial score (nSPS) is 12.1. The molecule has 1 N–H and O–H groups in total. The summed E-state index contributed by atoms with van der Waals surface area (Å²) in [5.74, 6) is 0.571. The molecule has 6 nitrogen and oxygen atoms in total. The Morgan fingerprint density at radius 2 is 2.00 bits per heavy atom. The van der Waals surface area contributed by atoms with Crippen LogP contribution in [-0.4, -0.2) is 25.3 Å². The molecular weight excluding hydrogens is 366 g/mol. The molecular formula is C20H23NO5S. The van der Waals surface area contributed by atoms with Crippen LogP contribution in [0.5, 0.6) is 11.5 Å². The van der Waals surface area contributed by atoms with Crippen molar-refractivity contribution < 1.29 is 23.8 Å². The van der Waals surface area contributed by atoms with Gasteiger partial charge in [0.2, 0.25) is 6.79 Å². The fourth-order valence-corrected chi connectivity index (χ4v) is 4.06. The summed E-state index contributed by atoms with van der Waals surface area (Å²) < 4.78 is 15.7. The van der Waals surface area contributed by atoms with E-state index < -0.39 is 5.97 Å². The molecule has 1 aromatic carbocycles. The predicted molar refractivity (Wildman–Crippen MR) is 102 cm³/mol. The Balaban J connectivity index is 1.48. The van der Waals surface area contributed by atoms with Crippen LogP contribution < -0.4 is 14.8 Å². The molecule has 27 heavy (non-hydrogen) atoms. The number of thiophene rings is 1. The SMILES string of the molecule is CCCc1sc(C(=O)OCC(=O)NCc2ccc3c(c2)OCO3)cc1CC. The zero-order chi connectivity index (χ0) is 19.2. The summed E-state index contributed by atoms with van der Waals surface area (Å²) in [6.45, 7) is 4.42. The molecule has 2 heterocycles. The van der Waals surface area contributed by atoms with Crippen LogP contribution in [0.4, 0.5) is 0 Å². The first kappa shape index (κ1) is 19.2. The van der Waals surface area contributed by atoms with Crippen LogP contribution in [0.3, 0.4) is 0 Å². The molecule has 0 bridgehead atoms. The zero-order valence-electron chi connectivity index (χ0n) is 15.5. The molecule has 0 saturated heterocycles. The van der Waals surface area contributed by atoms with Gasteiger partial charge in [0.15, 0.2) is 18.1 Å². The van der Waals surface area contributed by atoms with E-state index in [4.69, 9.17) is 14.2 Å². The molecule has 0 atom stereocenters. The van der Waals surface area contributed by atoms with E-state index in [1.807, 2.05) is 18.2 Å². The van der Waals surface area contributed by atoms with Crippen LogP contribution >= 0.6 is 11.3 Å². The molecule has 0 spiro atoms. The first-order valence-corrected chi connectivity index (χ1v) is 9.86. The van der Waals surface area contributed by atoms with Crippen molar-refractivity contribution in [3.8, 4) is 11.5 Å². The molecule has 0 aliphatic carbocycles. The van der Waals surface area contributed by atoms with Gasteiger partial charge < -0.3 is 19.5 Å². The molecule has 0 radical (unpaired) electrons. The van der Waals surface area contributed by atoms with Gasteiger partial charge in [-0.15, -0.1) is 11.3 Å². The molecule has 144 valence electrons. The molecule has 2 aromatic rings. The van der Waals surface area contributed by atoms with Crippen molar-refractivity contribution in [2.75, 3.05) is 13.4 Å². The van der Waals surface area contributed by atoms with Gasteiger partial charge in [-0.25, -0.2) is 4.79 Å². The minimum Gasteiger partial charge on any atom is -0.454 e. The smallest absolute Gasteiger partial charge is 0.348 e. The maximum absolute atomic E-state index is 12.2. The highest BCUT2D eigenvalue weighted by molar-refractivity contribution is 7.14. The third-order valence-corrected chi connectivity index (χ3v) is 5.43. The molecule has 0 unspecified atom stereocenters. The van der Waals surface area contributed by atoms with Gasteiger partial charge in [0.25, 0.3) is 5.91 Å². The number of rotatable bonds is 8. The molecule has 7 heteroatoms. The Morgan fingerprint density at radius 1 is 1.19 bits per heavy atom. The van der Waals surface area contributed by atoms with Crippen LogP contribution in [0.1, 0.15) is 45.9 Å². The number of aryl methyl sites for hydroxylation is 2. The van der Waals surface area contributed by atoms with E-state index in [-0.39, 0.29) is 19.3 Å². The summed E-state index contributed by atoms with van der Waals surface area (Å²) in [5.41, 5.74) is 2.06. The number of esters is 1. The number of carbonyl (C=O) groups is 2. The average Bonchev–Trinajstić information content (AvgIpc) is 3.30. The standard InChI is InChI=1S/C20H23NO5S/c1-3-5-17-14(4-2)9-18(27-17)20(23)24-11-19(22)21-10-13-6-7-15-16(8-13)26-12-25-15/h6-9H,3-5,10-12H2,1-2H3,(H,21,22). The number of benzene rings is 1. The average molecular weight is 389 g/mol. The van der Waals surface area contributed by atoms with E-state index in [0.717, 1.165) is 24.8 Å². The first-order chi connectivity index (χ1) is 13.1. The zero-order valence-corrected chi connectivity index (χ0v) is 16.3. The molecule has 1 aliphatic rings. The topological polar surface area (TPSA) is 73.9 Å². The Kier molecular flexibility index (Phi) is 6.34. The Morgan fingerprint density at radius 3 is 2.78 bits per heavy atom. The van der Waals surface area contributed by atoms with Gasteiger partial charge in [0, 0.05) is 11.4 Å². The van der Waals surface area contributed by atoms with E-state index in [0.29, 0.717) is 22.9 Å². The number of fused-ring (bicyclic) bond motifs is 1. The summed E-state index contributed by atoms with van der Waals surface area (Å²) in [6.07, 6.45) is 2.87. The van der Waals surface area contributed by atoms with E-state index in [9.17, 15) is 9.59 Å². The maximum atomic E-state index is 12.2. The molecule has 3 rings (SSSR count). The van der Waals surface area contributed by atoms with Gasteiger partial charge in [0.1, 0.15) is 4.88 Å². The van der Waals surface area contributed by atoms with Gasteiger partial charge in [-0.3, -0.25) is 4.79 Å². The second-order valence-electron chi connectivity index (χ2n) is 6.20. The summed E-state index contributed by atoms with van der Waals surface area (Å²) in [7, 11) is 0. The van der Waals surface area contributed by atoms with Crippen molar-refractivity contribution in [2.24, 2.45) is 0 Å². The van der Waals surface area contributed by atoms with Gasteiger partial charge >= 0.3 is 5.97 Å². The van der Waals surface area contributed by atoms with Crippen molar-refractivity contribution in [3.05, 3.63) is 45.1 Å². The van der Waals surface area contributed by atoms with Gasteiger partial charge in [-0.2, -0.15) is 0 Å². The summed E-state index contributed by atoms with van der Waals surface area (Å²) in [4.78, 5) is 26.0. The lowest BCUT2D eigenvalue weighted by atomic mass is 10.1. The number of carbonyl (C=O) groups excluding carboxylic acids is 2. The second-order valence-corrected chi connectivity index (χ2v) is 7.34. The molecule has 1 aliphatic heterocycles. The number of amides is 1. The van der Waals surface area contributed by atoms with Crippen molar-refractivity contribution in [3.63, 3.8) is 0 Å². The molecule has 1 amide bonds. The van der Waals surface area contributed by atoms with E-state index in [1.165, 1.54) is 21.8 Å². The van der Waals surface area contributed by atoms with Crippen molar-refractivity contribution in [2.45, 2.75) is 39.7 Å². The van der Waals surface area contributed by atoms with Gasteiger partial charge in [-0.1, -0.05) is 26.3 Å². The number of hydrogen-bond donors (Lipinski definition) is 1. The highest BCUT2D eigenvalue weighted by atomic mass is 32.1. The summed E-state index contributed by atoms with van der Waals surface area (Å²) in [5, 5.41) is 2.74. The molecule has 0 saturated carbocycles. The maximum Gasteiger partial charge on any atom is 0.348 e. The lowest BCUT2D eigenvalue weighted by Gasteiger charge is -2.07. The fourth-order valence-electron chi connectivity index (χ4n) is 2.81. The summed E-state index contributed by atoms with van der Waals surface area (Å²) >= 11 is 1.46. The Labute approximate surface area is 162 Å². The summed E-state index contributed by atoms with van der Waals surface area (Å²) in [6, 6.07) is 7.36. The second kappa shape index (κ2) is 8.90. The lowest BCUT2D eigenvalue weighted by molar-refractivity contribution is -0.124. The number of hydrogen-bond acceptors (Lipinski definition) is 6. The fraction of sp³-hybridized carbons (Fsp3) is 0.400. The van der Waals surface area contributed by atoms with Crippen molar-refractivity contribution >= 4 is 23.2 Å². The van der Waals surface area contributed by atoms with E-state index in [1.54, 1.807) is 6.07 Å². The first-order valence-electron chi connectivity index (χ1n) is 9.04. The third kappa shape index (κ3) is 4.80. The van der Waals surface area contributed by atoms with Gasteiger partial charge in [-0.05, 0) is 42.2 Å². The highest BCUT2D eigenvalue weighted by Gasteiger charge is 2.17. The third-order valence-electron chi connectivity index (χ3n) is 4.22. The Hall–Kier alpha value is -2.54. The number of ether oxygens (including phenoxy) is 3. The molecule has 0 fully saturated rings.